The van der Waals surface area contributed by atoms with Crippen LogP contribution in [0, 0.1) is 17.4 Å². The average molecular weight is 379 g/mol. The van der Waals surface area contributed by atoms with E-state index in [1.165, 1.54) is 11.1 Å². The van der Waals surface area contributed by atoms with Crippen LogP contribution in [0.5, 0.6) is 0 Å². The van der Waals surface area contributed by atoms with Crippen LogP contribution >= 0.6 is 22.6 Å². The number of hydrogen-bond donors (Lipinski definition) is 0. The smallest absolute Gasteiger partial charge is 0.182 e. The second-order valence-electron chi connectivity index (χ2n) is 5.13. The van der Waals surface area contributed by atoms with Gasteiger partial charge in [-0.3, -0.25) is 4.79 Å². The monoisotopic (exact) mass is 379 g/mol. The first-order valence-electron chi connectivity index (χ1n) is 6.54. The molecule has 0 atom stereocenters. The Morgan fingerprint density at radius 1 is 1.05 bits per heavy atom. The highest BCUT2D eigenvalue weighted by Crippen LogP contribution is 2.18. The third-order valence-electron chi connectivity index (χ3n) is 3.19. The molecule has 3 heteroatoms. The van der Waals surface area contributed by atoms with Crippen LogP contribution in [-0.4, -0.2) is 19.4 Å². The van der Waals surface area contributed by atoms with Gasteiger partial charge in [0.1, 0.15) is 0 Å². The highest BCUT2D eigenvalue weighted by Gasteiger charge is 2.10. The van der Waals surface area contributed by atoms with Crippen molar-refractivity contribution >= 4 is 34.1 Å². The molecule has 0 aliphatic heterocycles. The van der Waals surface area contributed by atoms with Crippen LogP contribution in [0.4, 0.5) is 5.69 Å². The summed E-state index contributed by atoms with van der Waals surface area (Å²) in [6, 6.07) is 14.1. The van der Waals surface area contributed by atoms with E-state index in [0.717, 1.165) is 14.8 Å². The van der Waals surface area contributed by atoms with Crippen molar-refractivity contribution in [3.63, 3.8) is 0 Å². The van der Waals surface area contributed by atoms with E-state index in [-0.39, 0.29) is 5.78 Å². The Balaban J connectivity index is 2.12. The maximum atomic E-state index is 12.3. The number of anilines is 1. The summed E-state index contributed by atoms with van der Waals surface area (Å²) in [7, 11) is 1.96. The molecule has 2 nitrogen and oxygen atoms in total. The normalized spacial score (nSPS) is 10.4. The number of Topliss-reactive ketones (excluding diaryl/α,β-unsaturated/α-hetero) is 1. The SMILES string of the molecule is Cc1cc(C)cc(N(C)CC(=O)c2ccc(I)cc2)c1. The van der Waals surface area contributed by atoms with Crippen molar-refractivity contribution in [2.75, 3.05) is 18.5 Å². The van der Waals surface area contributed by atoms with Gasteiger partial charge < -0.3 is 4.90 Å². The summed E-state index contributed by atoms with van der Waals surface area (Å²) in [6.07, 6.45) is 0. The van der Waals surface area contributed by atoms with E-state index in [0.29, 0.717) is 6.54 Å². The molecule has 2 aromatic rings. The molecule has 0 fully saturated rings. The minimum Gasteiger partial charge on any atom is -0.367 e. The van der Waals surface area contributed by atoms with Gasteiger partial charge in [-0.1, -0.05) is 18.2 Å². The van der Waals surface area contributed by atoms with Crippen molar-refractivity contribution in [1.29, 1.82) is 0 Å². The fraction of sp³-hybridized carbons (Fsp3) is 0.235. The minimum absolute atomic E-state index is 0.142. The number of nitrogens with zero attached hydrogens (tertiary/aromatic N) is 1. The summed E-state index contributed by atoms with van der Waals surface area (Å²) in [5.41, 5.74) is 4.28. The van der Waals surface area contributed by atoms with Crippen LogP contribution in [0.2, 0.25) is 0 Å². The van der Waals surface area contributed by atoms with Gasteiger partial charge in [0.25, 0.3) is 0 Å². The Labute approximate surface area is 133 Å². The molecule has 0 spiro atoms. The van der Waals surface area contributed by atoms with Gasteiger partial charge in [-0.25, -0.2) is 0 Å². The minimum atomic E-state index is 0.142. The number of rotatable bonds is 4. The number of carbonyl (C=O) groups excluding carboxylic acids is 1. The van der Waals surface area contributed by atoms with E-state index in [2.05, 4.69) is 54.6 Å². The first-order chi connectivity index (χ1) is 9.45. The first-order valence-corrected chi connectivity index (χ1v) is 7.62. The summed E-state index contributed by atoms with van der Waals surface area (Å²) >= 11 is 2.24. The van der Waals surface area contributed by atoms with Gasteiger partial charge in [0.05, 0.1) is 6.54 Å². The van der Waals surface area contributed by atoms with Gasteiger partial charge in [0, 0.05) is 21.9 Å². The number of hydrogen-bond acceptors (Lipinski definition) is 2. The highest BCUT2D eigenvalue weighted by atomic mass is 127. The number of likely N-dealkylation sites (N-methyl/N-ethyl adjacent to an activating group) is 1. The molecule has 0 aromatic heterocycles. The molecule has 2 aromatic carbocycles. The van der Waals surface area contributed by atoms with Gasteiger partial charge in [0.15, 0.2) is 5.78 Å². The maximum absolute atomic E-state index is 12.3. The van der Waals surface area contributed by atoms with Crippen LogP contribution < -0.4 is 4.90 Å². The molecule has 20 heavy (non-hydrogen) atoms. The fourth-order valence-electron chi connectivity index (χ4n) is 2.20. The van der Waals surface area contributed by atoms with Gasteiger partial charge in [0.2, 0.25) is 0 Å². The molecule has 0 bridgehead atoms. The molecule has 0 heterocycles. The molecular weight excluding hydrogens is 361 g/mol. The topological polar surface area (TPSA) is 20.3 Å². The molecule has 0 aliphatic carbocycles. The summed E-state index contributed by atoms with van der Waals surface area (Å²) in [5.74, 6) is 0.142. The summed E-state index contributed by atoms with van der Waals surface area (Å²) < 4.78 is 1.14. The Hall–Kier alpha value is -1.36. The second kappa shape index (κ2) is 6.39. The van der Waals surface area contributed by atoms with Crippen molar-refractivity contribution in [3.05, 3.63) is 62.7 Å². The quantitative estimate of drug-likeness (QED) is 0.586. The van der Waals surface area contributed by atoms with Gasteiger partial charge >= 0.3 is 0 Å². The third-order valence-corrected chi connectivity index (χ3v) is 3.91. The molecule has 0 amide bonds. The lowest BCUT2D eigenvalue weighted by molar-refractivity contribution is 0.100. The molecule has 0 unspecified atom stereocenters. The van der Waals surface area contributed by atoms with Crippen LogP contribution in [0.25, 0.3) is 0 Å². The van der Waals surface area contributed by atoms with E-state index in [1.807, 2.05) is 36.2 Å². The van der Waals surface area contributed by atoms with E-state index in [9.17, 15) is 4.79 Å². The Morgan fingerprint density at radius 2 is 1.60 bits per heavy atom. The number of ketones is 1. The molecule has 0 saturated heterocycles. The summed E-state index contributed by atoms with van der Waals surface area (Å²) in [5, 5.41) is 0. The third kappa shape index (κ3) is 3.82. The maximum Gasteiger partial charge on any atom is 0.182 e. The molecule has 2 rings (SSSR count). The van der Waals surface area contributed by atoms with Crippen molar-refractivity contribution in [2.45, 2.75) is 13.8 Å². The van der Waals surface area contributed by atoms with Crippen LogP contribution in [0.15, 0.2) is 42.5 Å². The predicted molar refractivity (Wildman–Crippen MR) is 92.7 cm³/mol. The van der Waals surface area contributed by atoms with Crippen molar-refractivity contribution in [2.24, 2.45) is 0 Å². The lowest BCUT2D eigenvalue weighted by Crippen LogP contribution is -2.25. The van der Waals surface area contributed by atoms with Crippen molar-refractivity contribution < 1.29 is 4.79 Å². The highest BCUT2D eigenvalue weighted by molar-refractivity contribution is 14.1. The van der Waals surface area contributed by atoms with Gasteiger partial charge in [-0.05, 0) is 71.8 Å². The largest absolute Gasteiger partial charge is 0.367 e. The van der Waals surface area contributed by atoms with Crippen molar-refractivity contribution in [3.8, 4) is 0 Å². The molecule has 0 aliphatic rings. The number of benzene rings is 2. The second-order valence-corrected chi connectivity index (χ2v) is 6.38. The summed E-state index contributed by atoms with van der Waals surface area (Å²) in [6.45, 7) is 4.54. The number of carbonyl (C=O) groups is 1. The number of halogens is 1. The molecular formula is C17H18INO. The zero-order chi connectivity index (χ0) is 14.7. The van der Waals surface area contributed by atoms with Crippen molar-refractivity contribution in [1.82, 2.24) is 0 Å². The van der Waals surface area contributed by atoms with E-state index >= 15 is 0 Å². The van der Waals surface area contributed by atoms with Gasteiger partial charge in [-0.15, -0.1) is 0 Å². The fourth-order valence-corrected chi connectivity index (χ4v) is 2.56. The zero-order valence-electron chi connectivity index (χ0n) is 12.0. The van der Waals surface area contributed by atoms with Crippen LogP contribution in [0.1, 0.15) is 21.5 Å². The van der Waals surface area contributed by atoms with E-state index in [4.69, 9.17) is 0 Å². The molecule has 0 radical (unpaired) electrons. The number of aryl methyl sites for hydroxylation is 2. The first kappa shape index (κ1) is 15.0. The average Bonchev–Trinajstić information content (AvgIpc) is 2.38. The lowest BCUT2D eigenvalue weighted by atomic mass is 10.1. The molecule has 0 saturated carbocycles. The lowest BCUT2D eigenvalue weighted by Gasteiger charge is -2.19. The Bertz CT molecular complexity index is 599. The van der Waals surface area contributed by atoms with Crippen LogP contribution in [-0.2, 0) is 0 Å². The molecule has 0 N–H and O–H groups in total. The Kier molecular flexibility index (Phi) is 4.81. The molecule has 104 valence electrons. The zero-order valence-corrected chi connectivity index (χ0v) is 14.1. The van der Waals surface area contributed by atoms with E-state index < -0.39 is 0 Å². The summed E-state index contributed by atoms with van der Waals surface area (Å²) in [4.78, 5) is 14.3. The standard InChI is InChI=1S/C17H18INO/c1-12-8-13(2)10-16(9-12)19(3)11-17(20)14-4-6-15(18)7-5-14/h4-10H,11H2,1-3H3. The van der Waals surface area contributed by atoms with E-state index in [1.54, 1.807) is 0 Å². The van der Waals surface area contributed by atoms with Gasteiger partial charge in [-0.2, -0.15) is 0 Å². The Morgan fingerprint density at radius 3 is 2.15 bits per heavy atom. The van der Waals surface area contributed by atoms with Crippen LogP contribution in [0.3, 0.4) is 0 Å². The predicted octanol–water partition coefficient (Wildman–Crippen LogP) is 4.23.